The first kappa shape index (κ1) is 21.1. The van der Waals surface area contributed by atoms with Crippen LogP contribution in [0.1, 0.15) is 52.1 Å². The molecule has 0 atom stereocenters. The number of hydrogen-bond acceptors (Lipinski definition) is 5. The molecule has 1 heterocycles. The van der Waals surface area contributed by atoms with Gasteiger partial charge in [-0.05, 0) is 35.7 Å². The molecule has 3 aromatic rings. The molecule has 2 aromatic carbocycles. The van der Waals surface area contributed by atoms with Crippen LogP contribution < -0.4 is 10.6 Å². The number of carbonyl (C=O) groups excluding carboxylic acids is 2. The zero-order chi connectivity index (χ0) is 21.8. The molecule has 1 aliphatic rings. The molecule has 31 heavy (non-hydrogen) atoms. The summed E-state index contributed by atoms with van der Waals surface area (Å²) in [5.41, 5.74) is -0.126. The van der Waals surface area contributed by atoms with Crippen molar-refractivity contribution in [2.24, 2.45) is 0 Å². The Morgan fingerprint density at radius 2 is 1.68 bits per heavy atom. The number of aliphatic carboxylic acids is 1. The van der Waals surface area contributed by atoms with Crippen molar-refractivity contribution in [3.05, 3.63) is 64.4 Å². The average Bonchev–Trinajstić information content (AvgIpc) is 3.22. The van der Waals surface area contributed by atoms with E-state index >= 15 is 0 Å². The van der Waals surface area contributed by atoms with Gasteiger partial charge in [0.15, 0.2) is 5.78 Å². The maximum Gasteiger partial charge on any atom is 0.322 e. The first-order chi connectivity index (χ1) is 15.0. The highest BCUT2D eigenvalue weighted by atomic mass is 32.1. The van der Waals surface area contributed by atoms with Gasteiger partial charge in [-0.1, -0.05) is 55.7 Å². The molecule has 1 aliphatic carbocycles. The summed E-state index contributed by atoms with van der Waals surface area (Å²) in [7, 11) is 0. The third kappa shape index (κ3) is 4.32. The van der Waals surface area contributed by atoms with E-state index in [9.17, 15) is 14.4 Å². The molecule has 0 bridgehead atoms. The van der Waals surface area contributed by atoms with Crippen molar-refractivity contribution in [3.63, 3.8) is 0 Å². The highest BCUT2D eigenvalue weighted by molar-refractivity contribution is 7.13. The predicted molar refractivity (Wildman–Crippen MR) is 122 cm³/mol. The Hall–Kier alpha value is -3.19. The van der Waals surface area contributed by atoms with E-state index in [0.29, 0.717) is 29.0 Å². The number of para-hydroxylation sites is 1. The molecular formula is C24H24N2O4S. The zero-order valence-corrected chi connectivity index (χ0v) is 17.8. The zero-order valence-electron chi connectivity index (χ0n) is 17.0. The van der Waals surface area contributed by atoms with E-state index < -0.39 is 11.5 Å². The predicted octanol–water partition coefficient (Wildman–Crippen LogP) is 4.71. The van der Waals surface area contributed by atoms with Gasteiger partial charge in [0.1, 0.15) is 12.1 Å². The minimum atomic E-state index is -1.01. The van der Waals surface area contributed by atoms with Crippen LogP contribution in [0, 0.1) is 0 Å². The number of amides is 1. The number of benzene rings is 2. The van der Waals surface area contributed by atoms with Crippen LogP contribution in [-0.4, -0.2) is 34.8 Å². The van der Waals surface area contributed by atoms with E-state index in [4.69, 9.17) is 5.11 Å². The fraction of sp³-hybridized carbons (Fsp3) is 0.292. The van der Waals surface area contributed by atoms with E-state index in [1.165, 1.54) is 11.3 Å². The largest absolute Gasteiger partial charge is 0.480 e. The topological polar surface area (TPSA) is 95.5 Å². The summed E-state index contributed by atoms with van der Waals surface area (Å²) in [6.07, 6.45) is 3.85. The van der Waals surface area contributed by atoms with E-state index in [0.717, 1.165) is 30.0 Å². The van der Waals surface area contributed by atoms with Crippen molar-refractivity contribution in [1.82, 2.24) is 5.32 Å². The summed E-state index contributed by atoms with van der Waals surface area (Å²) in [4.78, 5) is 38.6. The van der Waals surface area contributed by atoms with Crippen LogP contribution in [0.2, 0.25) is 0 Å². The van der Waals surface area contributed by atoms with Gasteiger partial charge < -0.3 is 15.7 Å². The molecule has 3 N–H and O–H groups in total. The van der Waals surface area contributed by atoms with Crippen molar-refractivity contribution in [1.29, 1.82) is 0 Å². The Bertz CT molecular complexity index is 1130. The van der Waals surface area contributed by atoms with Crippen LogP contribution >= 0.6 is 11.3 Å². The molecule has 1 aromatic heterocycles. The number of thiophene rings is 1. The van der Waals surface area contributed by atoms with Crippen molar-refractivity contribution < 1.29 is 19.5 Å². The van der Waals surface area contributed by atoms with Crippen molar-refractivity contribution in [2.45, 2.75) is 37.6 Å². The fourth-order valence-corrected chi connectivity index (χ4v) is 5.19. The number of Topliss-reactive ketones (excluding diaryl/α,β-unsaturated/α-hetero) is 1. The molecule has 6 nitrogen and oxygen atoms in total. The Labute approximate surface area is 184 Å². The smallest absolute Gasteiger partial charge is 0.322 e. The highest BCUT2D eigenvalue weighted by Gasteiger charge is 2.42. The second-order valence-electron chi connectivity index (χ2n) is 7.87. The highest BCUT2D eigenvalue weighted by Crippen LogP contribution is 2.35. The minimum Gasteiger partial charge on any atom is -0.480 e. The molecule has 0 unspecified atom stereocenters. The van der Waals surface area contributed by atoms with E-state index in [1.54, 1.807) is 24.3 Å². The lowest BCUT2D eigenvalue weighted by atomic mass is 9.76. The fourth-order valence-electron chi connectivity index (χ4n) is 4.27. The van der Waals surface area contributed by atoms with Gasteiger partial charge in [0.2, 0.25) is 0 Å². The third-order valence-electron chi connectivity index (χ3n) is 5.81. The van der Waals surface area contributed by atoms with Gasteiger partial charge in [0, 0.05) is 16.6 Å². The lowest BCUT2D eigenvalue weighted by Crippen LogP contribution is -2.55. The number of carbonyl (C=O) groups is 3. The van der Waals surface area contributed by atoms with Gasteiger partial charge in [-0.3, -0.25) is 14.4 Å². The summed E-state index contributed by atoms with van der Waals surface area (Å²) in [6.45, 7) is -0.287. The quantitative estimate of drug-likeness (QED) is 0.466. The first-order valence-corrected chi connectivity index (χ1v) is 11.3. The number of hydrogen-bond donors (Lipinski definition) is 3. The van der Waals surface area contributed by atoms with E-state index in [1.807, 2.05) is 29.6 Å². The molecule has 1 fully saturated rings. The van der Waals surface area contributed by atoms with Crippen molar-refractivity contribution in [2.75, 3.05) is 11.9 Å². The number of nitrogens with one attached hydrogen (secondary N) is 2. The summed E-state index contributed by atoms with van der Waals surface area (Å²) < 4.78 is 0. The Kier molecular flexibility index (Phi) is 6.04. The second-order valence-corrected chi connectivity index (χ2v) is 8.75. The Balaban J connectivity index is 1.66. The molecule has 0 spiro atoms. The van der Waals surface area contributed by atoms with Gasteiger partial charge in [0.05, 0.1) is 4.88 Å². The summed E-state index contributed by atoms with van der Waals surface area (Å²) in [5.74, 6) is -1.42. The van der Waals surface area contributed by atoms with Crippen LogP contribution in [0.5, 0.6) is 0 Å². The number of fused-ring (bicyclic) bond motifs is 1. The molecule has 4 rings (SSSR count). The normalized spacial score (nSPS) is 15.4. The lowest BCUT2D eigenvalue weighted by Gasteiger charge is -2.37. The number of carboxylic acids is 1. The minimum absolute atomic E-state index is 0.171. The lowest BCUT2D eigenvalue weighted by molar-refractivity contribution is -0.134. The van der Waals surface area contributed by atoms with Gasteiger partial charge in [-0.25, -0.2) is 0 Å². The summed E-state index contributed by atoms with van der Waals surface area (Å²) >= 11 is 1.38. The van der Waals surface area contributed by atoms with Crippen LogP contribution in [0.3, 0.4) is 0 Å². The molecule has 1 saturated carbocycles. The number of ketones is 1. The van der Waals surface area contributed by atoms with Gasteiger partial charge in [-0.15, -0.1) is 11.3 Å². The van der Waals surface area contributed by atoms with Gasteiger partial charge in [-0.2, -0.15) is 0 Å². The molecule has 1 amide bonds. The molecule has 160 valence electrons. The number of anilines is 1. The standard InChI is InChI=1S/C24H24N2O4S/c27-20(28)14-25-19-11-5-4-10-18(19)22(29)24(12-6-1-7-13-24)26-23(30)21-17-9-3-2-8-16(17)15-31-21/h2-5,8-11,15,25H,1,6-7,12-14H2,(H,26,30)(H,27,28). The van der Waals surface area contributed by atoms with Gasteiger partial charge >= 0.3 is 5.97 Å². The van der Waals surface area contributed by atoms with Crippen molar-refractivity contribution in [3.8, 4) is 0 Å². The van der Waals surface area contributed by atoms with Crippen LogP contribution in [0.15, 0.2) is 53.9 Å². The summed E-state index contributed by atoms with van der Waals surface area (Å²) in [5, 5.41) is 18.8. The SMILES string of the molecule is O=C(O)CNc1ccccc1C(=O)C1(NC(=O)c2scc3ccccc23)CCCCC1. The average molecular weight is 437 g/mol. The number of carboxylic acid groups (broad SMARTS) is 1. The Morgan fingerprint density at radius 3 is 2.45 bits per heavy atom. The van der Waals surface area contributed by atoms with Crippen LogP contribution in [-0.2, 0) is 4.79 Å². The third-order valence-corrected chi connectivity index (χ3v) is 6.82. The van der Waals surface area contributed by atoms with Crippen LogP contribution in [0.4, 0.5) is 5.69 Å². The Morgan fingerprint density at radius 1 is 0.968 bits per heavy atom. The first-order valence-electron chi connectivity index (χ1n) is 10.4. The maximum atomic E-state index is 13.8. The molecule has 0 radical (unpaired) electrons. The monoisotopic (exact) mass is 436 g/mol. The van der Waals surface area contributed by atoms with Gasteiger partial charge in [0.25, 0.3) is 5.91 Å². The molecular weight excluding hydrogens is 412 g/mol. The van der Waals surface area contributed by atoms with E-state index in [2.05, 4.69) is 10.6 Å². The second kappa shape index (κ2) is 8.89. The van der Waals surface area contributed by atoms with Crippen LogP contribution in [0.25, 0.3) is 10.8 Å². The molecule has 0 aliphatic heterocycles. The number of rotatable bonds is 7. The molecule has 0 saturated heterocycles. The maximum absolute atomic E-state index is 13.8. The molecule has 7 heteroatoms. The van der Waals surface area contributed by atoms with E-state index in [-0.39, 0.29) is 18.2 Å². The van der Waals surface area contributed by atoms with Crippen molar-refractivity contribution >= 4 is 45.5 Å². The summed E-state index contributed by atoms with van der Waals surface area (Å²) in [6, 6.07) is 14.6.